The first kappa shape index (κ1) is 16.8. The lowest BCUT2D eigenvalue weighted by molar-refractivity contribution is 0.0728. The third-order valence-electron chi connectivity index (χ3n) is 4.61. The minimum atomic E-state index is -0.165. The molecule has 1 aliphatic rings. The Kier molecular flexibility index (Phi) is 5.09. The van der Waals surface area contributed by atoms with Gasteiger partial charge in [0.15, 0.2) is 0 Å². The van der Waals surface area contributed by atoms with Gasteiger partial charge in [-0.3, -0.25) is 0 Å². The van der Waals surface area contributed by atoms with E-state index in [2.05, 4.69) is 30.5 Å². The molecule has 5 heteroatoms. The van der Waals surface area contributed by atoms with E-state index in [1.54, 1.807) is 0 Å². The molecule has 2 unspecified atom stereocenters. The number of para-hydroxylation sites is 1. The van der Waals surface area contributed by atoms with Crippen LogP contribution in [0.5, 0.6) is 0 Å². The van der Waals surface area contributed by atoms with Crippen LogP contribution in [0.15, 0.2) is 28.7 Å². The lowest BCUT2D eigenvalue weighted by Crippen LogP contribution is -2.47. The molecule has 1 aromatic heterocycles. The zero-order chi connectivity index (χ0) is 17.1. The standard InChI is InChI=1S/C19H26N2O3/c1-12(2)17(21-19(22)20-14-7-6-10-23-11-14)18-13(3)15-8-4-5-9-16(15)24-18/h4-5,8-9,12,14,17H,6-7,10-11H2,1-3H3,(H2,20,21,22). The molecule has 0 radical (unpaired) electrons. The van der Waals surface area contributed by atoms with Crippen molar-refractivity contribution in [1.82, 2.24) is 10.6 Å². The summed E-state index contributed by atoms with van der Waals surface area (Å²) in [6.45, 7) is 7.59. The van der Waals surface area contributed by atoms with Crippen LogP contribution in [0.4, 0.5) is 4.79 Å². The summed E-state index contributed by atoms with van der Waals surface area (Å²) in [5.74, 6) is 1.05. The second-order valence-corrected chi connectivity index (χ2v) is 6.84. The molecule has 1 aromatic carbocycles. The van der Waals surface area contributed by atoms with Gasteiger partial charge in [0.05, 0.1) is 18.7 Å². The molecule has 0 saturated carbocycles. The highest BCUT2D eigenvalue weighted by atomic mass is 16.5. The van der Waals surface area contributed by atoms with E-state index in [-0.39, 0.29) is 24.0 Å². The minimum absolute atomic E-state index is 0.0864. The number of aryl methyl sites for hydroxylation is 1. The number of fused-ring (bicyclic) bond motifs is 1. The normalized spacial score (nSPS) is 19.4. The first-order chi connectivity index (χ1) is 11.6. The Hall–Kier alpha value is -2.01. The zero-order valence-corrected chi connectivity index (χ0v) is 14.6. The van der Waals surface area contributed by atoms with E-state index in [1.165, 1.54) is 0 Å². The Balaban J connectivity index is 1.76. The maximum Gasteiger partial charge on any atom is 0.315 e. The van der Waals surface area contributed by atoms with Gasteiger partial charge in [0.1, 0.15) is 11.3 Å². The predicted octanol–water partition coefficient (Wildman–Crippen LogP) is 3.92. The van der Waals surface area contributed by atoms with Crippen LogP contribution in [0.1, 0.15) is 44.1 Å². The molecule has 1 saturated heterocycles. The predicted molar refractivity (Wildman–Crippen MR) is 94.0 cm³/mol. The summed E-state index contributed by atoms with van der Waals surface area (Å²) >= 11 is 0. The average Bonchev–Trinajstić information content (AvgIpc) is 2.90. The molecule has 2 N–H and O–H groups in total. The molecular formula is C19H26N2O3. The molecule has 24 heavy (non-hydrogen) atoms. The van der Waals surface area contributed by atoms with Crippen molar-refractivity contribution < 1.29 is 13.9 Å². The molecule has 5 nitrogen and oxygen atoms in total. The quantitative estimate of drug-likeness (QED) is 0.893. The summed E-state index contributed by atoms with van der Waals surface area (Å²) in [5.41, 5.74) is 1.95. The van der Waals surface area contributed by atoms with Crippen LogP contribution >= 0.6 is 0 Å². The number of hydrogen-bond acceptors (Lipinski definition) is 3. The SMILES string of the molecule is Cc1c(C(NC(=O)NC2CCCOC2)C(C)C)oc2ccccc12. The molecule has 0 bridgehead atoms. The Labute approximate surface area is 142 Å². The van der Waals surface area contributed by atoms with Gasteiger partial charge in [0.25, 0.3) is 0 Å². The van der Waals surface area contributed by atoms with Crippen molar-refractivity contribution in [3.05, 3.63) is 35.6 Å². The molecule has 0 aliphatic carbocycles. The van der Waals surface area contributed by atoms with Crippen molar-refractivity contribution in [2.45, 2.75) is 45.7 Å². The van der Waals surface area contributed by atoms with Gasteiger partial charge in [-0.05, 0) is 31.7 Å². The van der Waals surface area contributed by atoms with Gasteiger partial charge in [-0.25, -0.2) is 4.79 Å². The fraction of sp³-hybridized carbons (Fsp3) is 0.526. The number of carbonyl (C=O) groups excluding carboxylic acids is 1. The Morgan fingerprint density at radius 1 is 1.29 bits per heavy atom. The second kappa shape index (κ2) is 7.26. The lowest BCUT2D eigenvalue weighted by Gasteiger charge is -2.26. The molecule has 130 valence electrons. The first-order valence-corrected chi connectivity index (χ1v) is 8.69. The molecule has 2 amide bonds. The van der Waals surface area contributed by atoms with Gasteiger partial charge in [0, 0.05) is 17.6 Å². The Bertz CT molecular complexity index is 702. The van der Waals surface area contributed by atoms with Gasteiger partial charge in [-0.15, -0.1) is 0 Å². The number of amides is 2. The number of rotatable bonds is 4. The van der Waals surface area contributed by atoms with E-state index in [0.29, 0.717) is 6.61 Å². The summed E-state index contributed by atoms with van der Waals surface area (Å²) in [6, 6.07) is 7.73. The molecule has 1 fully saturated rings. The van der Waals surface area contributed by atoms with Crippen LogP contribution in [0.2, 0.25) is 0 Å². The summed E-state index contributed by atoms with van der Waals surface area (Å²) in [6.07, 6.45) is 1.95. The van der Waals surface area contributed by atoms with Crippen molar-refractivity contribution in [2.75, 3.05) is 13.2 Å². The second-order valence-electron chi connectivity index (χ2n) is 6.84. The first-order valence-electron chi connectivity index (χ1n) is 8.69. The monoisotopic (exact) mass is 330 g/mol. The van der Waals surface area contributed by atoms with E-state index < -0.39 is 0 Å². The summed E-state index contributed by atoms with van der Waals surface area (Å²) in [7, 11) is 0. The van der Waals surface area contributed by atoms with E-state index in [4.69, 9.17) is 9.15 Å². The van der Waals surface area contributed by atoms with Crippen molar-refractivity contribution in [3.8, 4) is 0 Å². The molecule has 2 heterocycles. The lowest BCUT2D eigenvalue weighted by atomic mass is 9.98. The molecule has 0 spiro atoms. The highest BCUT2D eigenvalue weighted by Crippen LogP contribution is 2.32. The molecule has 2 aromatic rings. The smallest absolute Gasteiger partial charge is 0.315 e. The van der Waals surface area contributed by atoms with Crippen molar-refractivity contribution in [3.63, 3.8) is 0 Å². The third-order valence-corrected chi connectivity index (χ3v) is 4.61. The minimum Gasteiger partial charge on any atom is -0.459 e. The fourth-order valence-corrected chi connectivity index (χ4v) is 3.25. The molecule has 2 atom stereocenters. The number of urea groups is 1. The molecule has 3 rings (SSSR count). The maximum absolute atomic E-state index is 12.4. The zero-order valence-electron chi connectivity index (χ0n) is 14.6. The Morgan fingerprint density at radius 2 is 2.08 bits per heavy atom. The largest absolute Gasteiger partial charge is 0.459 e. The number of carbonyl (C=O) groups is 1. The summed E-state index contributed by atoms with van der Waals surface area (Å²) < 4.78 is 11.5. The van der Waals surface area contributed by atoms with Crippen LogP contribution in [0, 0.1) is 12.8 Å². The van der Waals surface area contributed by atoms with Crippen LogP contribution < -0.4 is 10.6 Å². The highest BCUT2D eigenvalue weighted by Gasteiger charge is 2.26. The van der Waals surface area contributed by atoms with Crippen LogP contribution in [-0.2, 0) is 4.74 Å². The van der Waals surface area contributed by atoms with Crippen molar-refractivity contribution >= 4 is 17.0 Å². The molecular weight excluding hydrogens is 304 g/mol. The number of hydrogen-bond donors (Lipinski definition) is 2. The number of benzene rings is 1. The van der Waals surface area contributed by atoms with Gasteiger partial charge in [-0.2, -0.15) is 0 Å². The van der Waals surface area contributed by atoms with Gasteiger partial charge in [-0.1, -0.05) is 32.0 Å². The van der Waals surface area contributed by atoms with E-state index >= 15 is 0 Å². The topological polar surface area (TPSA) is 63.5 Å². The molecule has 1 aliphatic heterocycles. The van der Waals surface area contributed by atoms with Gasteiger partial charge >= 0.3 is 6.03 Å². The van der Waals surface area contributed by atoms with E-state index in [1.807, 2.05) is 25.1 Å². The van der Waals surface area contributed by atoms with E-state index in [0.717, 1.165) is 41.7 Å². The summed E-state index contributed by atoms with van der Waals surface area (Å²) in [5, 5.41) is 7.19. The third kappa shape index (κ3) is 3.56. The Morgan fingerprint density at radius 3 is 2.75 bits per heavy atom. The van der Waals surface area contributed by atoms with Crippen LogP contribution in [0.3, 0.4) is 0 Å². The van der Waals surface area contributed by atoms with Crippen molar-refractivity contribution in [1.29, 1.82) is 0 Å². The number of nitrogens with one attached hydrogen (secondary N) is 2. The van der Waals surface area contributed by atoms with Crippen LogP contribution in [0.25, 0.3) is 11.0 Å². The van der Waals surface area contributed by atoms with E-state index in [9.17, 15) is 4.79 Å². The van der Waals surface area contributed by atoms with Crippen molar-refractivity contribution in [2.24, 2.45) is 5.92 Å². The van der Waals surface area contributed by atoms with Crippen LogP contribution in [-0.4, -0.2) is 25.3 Å². The van der Waals surface area contributed by atoms with Gasteiger partial charge in [0.2, 0.25) is 0 Å². The highest BCUT2D eigenvalue weighted by molar-refractivity contribution is 5.82. The van der Waals surface area contributed by atoms with Gasteiger partial charge < -0.3 is 19.8 Å². The number of furan rings is 1. The fourth-order valence-electron chi connectivity index (χ4n) is 3.25. The average molecular weight is 330 g/mol. The summed E-state index contributed by atoms with van der Waals surface area (Å²) in [4.78, 5) is 12.4. The maximum atomic E-state index is 12.4. The number of ether oxygens (including phenoxy) is 1.